The van der Waals surface area contributed by atoms with Gasteiger partial charge in [0.2, 0.25) is 0 Å². The number of hydrogen-bond acceptors (Lipinski definition) is 3. The van der Waals surface area contributed by atoms with E-state index in [2.05, 4.69) is 22.4 Å². The molecular formula is C11H11N3. The van der Waals surface area contributed by atoms with Crippen molar-refractivity contribution in [3.05, 3.63) is 29.5 Å². The predicted molar refractivity (Wildman–Crippen MR) is 55.7 cm³/mol. The van der Waals surface area contributed by atoms with Crippen LogP contribution in [0.2, 0.25) is 0 Å². The van der Waals surface area contributed by atoms with Crippen molar-refractivity contribution in [2.45, 2.75) is 12.8 Å². The largest absolute Gasteiger partial charge is 0.370 e. The fraction of sp³-hybridized carbons (Fsp3) is 0.273. The molecule has 14 heavy (non-hydrogen) atoms. The molecule has 2 rings (SSSR count). The van der Waals surface area contributed by atoms with Gasteiger partial charge in [0.25, 0.3) is 0 Å². The highest BCUT2D eigenvalue weighted by Gasteiger charge is 2.10. The smallest absolute Gasteiger partial charge is 0.129 e. The van der Waals surface area contributed by atoms with E-state index in [-0.39, 0.29) is 0 Å². The second-order valence-electron chi connectivity index (χ2n) is 3.22. The number of anilines is 1. The molecule has 0 radical (unpaired) electrons. The maximum absolute atomic E-state index is 8.37. The maximum atomic E-state index is 8.37. The zero-order chi connectivity index (χ0) is 9.80. The van der Waals surface area contributed by atoms with Gasteiger partial charge in [-0.2, -0.15) is 5.26 Å². The lowest BCUT2D eigenvalue weighted by molar-refractivity contribution is 1.11. The molecule has 0 saturated heterocycles. The van der Waals surface area contributed by atoms with Crippen molar-refractivity contribution in [1.29, 1.82) is 5.26 Å². The molecule has 2 heterocycles. The van der Waals surface area contributed by atoms with Crippen molar-refractivity contribution in [2.24, 2.45) is 0 Å². The van der Waals surface area contributed by atoms with Crippen molar-refractivity contribution < 1.29 is 0 Å². The molecular weight excluding hydrogens is 174 g/mol. The summed E-state index contributed by atoms with van der Waals surface area (Å²) < 4.78 is 0. The van der Waals surface area contributed by atoms with Crippen LogP contribution in [0.1, 0.15) is 17.5 Å². The topological polar surface area (TPSA) is 48.7 Å². The fourth-order valence-electron chi connectivity index (χ4n) is 1.53. The standard InChI is InChI=1S/C11H11N3/c12-5-2-1-3-9-7-10-4-6-13-11(10)14-8-9/h1,3,7-8H,2,4,6H2,(H,13,14). The Morgan fingerprint density at radius 1 is 1.64 bits per heavy atom. The van der Waals surface area contributed by atoms with E-state index in [1.165, 1.54) is 5.56 Å². The van der Waals surface area contributed by atoms with E-state index in [9.17, 15) is 0 Å². The number of nitrogens with one attached hydrogen (secondary N) is 1. The number of pyridine rings is 1. The Morgan fingerprint density at radius 3 is 3.43 bits per heavy atom. The van der Waals surface area contributed by atoms with Crippen LogP contribution < -0.4 is 5.32 Å². The lowest BCUT2D eigenvalue weighted by Crippen LogP contribution is -1.92. The molecule has 0 spiro atoms. The van der Waals surface area contributed by atoms with E-state index in [4.69, 9.17) is 5.26 Å². The van der Waals surface area contributed by atoms with Crippen LogP contribution in [0.3, 0.4) is 0 Å². The van der Waals surface area contributed by atoms with Crippen molar-refractivity contribution in [2.75, 3.05) is 11.9 Å². The number of nitrogens with zero attached hydrogens (tertiary/aromatic N) is 2. The average Bonchev–Trinajstić information content (AvgIpc) is 2.65. The van der Waals surface area contributed by atoms with Crippen molar-refractivity contribution >= 4 is 11.9 Å². The first-order chi connectivity index (χ1) is 6.90. The van der Waals surface area contributed by atoms with E-state index < -0.39 is 0 Å². The van der Waals surface area contributed by atoms with Crippen molar-refractivity contribution in [1.82, 2.24) is 4.98 Å². The van der Waals surface area contributed by atoms with Crippen LogP contribution in [-0.2, 0) is 6.42 Å². The second-order valence-corrected chi connectivity index (χ2v) is 3.22. The van der Waals surface area contributed by atoms with Crippen LogP contribution in [0.5, 0.6) is 0 Å². The Labute approximate surface area is 83.1 Å². The van der Waals surface area contributed by atoms with Crippen molar-refractivity contribution in [3.63, 3.8) is 0 Å². The van der Waals surface area contributed by atoms with Gasteiger partial charge >= 0.3 is 0 Å². The number of nitriles is 1. The van der Waals surface area contributed by atoms with Gasteiger partial charge in [0, 0.05) is 12.7 Å². The zero-order valence-electron chi connectivity index (χ0n) is 7.83. The summed E-state index contributed by atoms with van der Waals surface area (Å²) in [6, 6.07) is 4.19. The molecule has 0 aliphatic carbocycles. The van der Waals surface area contributed by atoms with E-state index in [1.807, 2.05) is 18.3 Å². The number of rotatable bonds is 2. The summed E-state index contributed by atoms with van der Waals surface area (Å²) in [6.07, 6.45) is 7.11. The third-order valence-electron chi connectivity index (χ3n) is 2.19. The number of fused-ring (bicyclic) bond motifs is 1. The SMILES string of the molecule is N#CCC=Cc1cnc2c(c1)CCN2. The molecule has 1 aromatic heterocycles. The molecule has 70 valence electrons. The van der Waals surface area contributed by atoms with Gasteiger partial charge in [-0.1, -0.05) is 12.2 Å². The summed E-state index contributed by atoms with van der Waals surface area (Å²) in [5.74, 6) is 1.00. The predicted octanol–water partition coefficient (Wildman–Crippen LogP) is 1.98. The highest BCUT2D eigenvalue weighted by molar-refractivity contribution is 5.57. The number of allylic oxidation sites excluding steroid dienone is 1. The summed E-state index contributed by atoms with van der Waals surface area (Å²) in [7, 11) is 0. The van der Waals surface area contributed by atoms with Crippen LogP contribution >= 0.6 is 0 Å². The summed E-state index contributed by atoms with van der Waals surface area (Å²) in [4.78, 5) is 4.29. The lowest BCUT2D eigenvalue weighted by atomic mass is 10.1. The number of hydrogen-bond donors (Lipinski definition) is 1. The van der Waals surface area contributed by atoms with Gasteiger partial charge in [-0.25, -0.2) is 4.98 Å². The van der Waals surface area contributed by atoms with Gasteiger partial charge < -0.3 is 5.32 Å². The highest BCUT2D eigenvalue weighted by Crippen LogP contribution is 2.20. The first kappa shape index (κ1) is 8.76. The van der Waals surface area contributed by atoms with Crippen LogP contribution in [0, 0.1) is 11.3 Å². The Hall–Kier alpha value is -1.82. The Kier molecular flexibility index (Phi) is 2.46. The molecule has 1 N–H and O–H groups in total. The molecule has 3 nitrogen and oxygen atoms in total. The third kappa shape index (κ3) is 1.74. The molecule has 0 unspecified atom stereocenters. The minimum absolute atomic E-state index is 0.454. The Balaban J connectivity index is 2.17. The molecule has 0 saturated carbocycles. The van der Waals surface area contributed by atoms with E-state index in [0.717, 1.165) is 24.3 Å². The second kappa shape index (κ2) is 3.93. The van der Waals surface area contributed by atoms with Gasteiger partial charge in [-0.05, 0) is 23.6 Å². The normalized spacial score (nSPS) is 13.6. The number of aromatic nitrogens is 1. The molecule has 1 aliphatic heterocycles. The molecule has 1 aromatic rings. The first-order valence-electron chi connectivity index (χ1n) is 4.66. The van der Waals surface area contributed by atoms with Crippen LogP contribution in [0.4, 0.5) is 5.82 Å². The zero-order valence-corrected chi connectivity index (χ0v) is 7.83. The lowest BCUT2D eigenvalue weighted by Gasteiger charge is -1.98. The minimum atomic E-state index is 0.454. The van der Waals surface area contributed by atoms with Gasteiger partial charge in [-0.15, -0.1) is 0 Å². The summed E-state index contributed by atoms with van der Waals surface area (Å²) in [5.41, 5.74) is 2.34. The molecule has 0 bridgehead atoms. The molecule has 1 aliphatic rings. The first-order valence-corrected chi connectivity index (χ1v) is 4.66. The molecule has 0 aromatic carbocycles. The molecule has 0 amide bonds. The van der Waals surface area contributed by atoms with Gasteiger partial charge in [0.1, 0.15) is 5.82 Å². The van der Waals surface area contributed by atoms with Gasteiger partial charge in [0.15, 0.2) is 0 Å². The summed E-state index contributed by atoms with van der Waals surface area (Å²) in [5, 5.41) is 11.6. The molecule has 3 heteroatoms. The minimum Gasteiger partial charge on any atom is -0.370 e. The summed E-state index contributed by atoms with van der Waals surface area (Å²) in [6.45, 7) is 0.980. The molecule has 0 fully saturated rings. The van der Waals surface area contributed by atoms with Gasteiger partial charge in [0.05, 0.1) is 12.5 Å². The molecule has 0 atom stereocenters. The third-order valence-corrected chi connectivity index (χ3v) is 2.19. The Bertz CT molecular complexity index is 401. The van der Waals surface area contributed by atoms with E-state index >= 15 is 0 Å². The fourth-order valence-corrected chi connectivity index (χ4v) is 1.53. The highest BCUT2D eigenvalue weighted by atomic mass is 15.0. The van der Waals surface area contributed by atoms with Crippen LogP contribution in [-0.4, -0.2) is 11.5 Å². The van der Waals surface area contributed by atoms with E-state index in [1.54, 1.807) is 0 Å². The monoisotopic (exact) mass is 185 g/mol. The average molecular weight is 185 g/mol. The Morgan fingerprint density at radius 2 is 2.57 bits per heavy atom. The van der Waals surface area contributed by atoms with Crippen molar-refractivity contribution in [3.8, 4) is 6.07 Å². The van der Waals surface area contributed by atoms with Gasteiger partial charge in [-0.3, -0.25) is 0 Å². The van der Waals surface area contributed by atoms with E-state index in [0.29, 0.717) is 6.42 Å². The van der Waals surface area contributed by atoms with Crippen LogP contribution in [0.15, 0.2) is 18.3 Å². The van der Waals surface area contributed by atoms with Crippen LogP contribution in [0.25, 0.3) is 6.08 Å². The quantitative estimate of drug-likeness (QED) is 0.766. The maximum Gasteiger partial charge on any atom is 0.129 e. The summed E-state index contributed by atoms with van der Waals surface area (Å²) >= 11 is 0.